The Hall–Kier alpha value is -1.72. The molecule has 1 heterocycles. The lowest BCUT2D eigenvalue weighted by Crippen LogP contribution is -2.40. The van der Waals surface area contributed by atoms with Gasteiger partial charge in [0.1, 0.15) is 11.3 Å². The van der Waals surface area contributed by atoms with Gasteiger partial charge in [0.2, 0.25) is 0 Å². The number of halogens is 1. The maximum atomic E-state index is 11.7. The molecule has 1 atom stereocenters. The first-order chi connectivity index (χ1) is 8.43. The number of carbonyl (C=O) groups excluding carboxylic acids is 1. The summed E-state index contributed by atoms with van der Waals surface area (Å²) in [4.78, 5) is 11.7. The first-order valence-electron chi connectivity index (χ1n) is 5.51. The molecule has 0 amide bonds. The monoisotopic (exact) mass is 285 g/mol. The van der Waals surface area contributed by atoms with E-state index >= 15 is 0 Å². The van der Waals surface area contributed by atoms with E-state index in [4.69, 9.17) is 15.2 Å². The molecule has 0 fully saturated rings. The van der Waals surface area contributed by atoms with Gasteiger partial charge < -0.3 is 20.3 Å². The van der Waals surface area contributed by atoms with Crippen molar-refractivity contribution in [3.05, 3.63) is 23.3 Å². The third-order valence-corrected chi connectivity index (χ3v) is 2.97. The lowest BCUT2D eigenvalue weighted by molar-refractivity contribution is -0.137. The smallest absolute Gasteiger partial charge is 0.336 e. The van der Waals surface area contributed by atoms with Crippen LogP contribution in [0.3, 0.4) is 0 Å². The van der Waals surface area contributed by atoms with Crippen molar-refractivity contribution in [1.29, 1.82) is 0 Å². The van der Waals surface area contributed by atoms with Crippen molar-refractivity contribution in [2.45, 2.75) is 19.4 Å². The average molecular weight is 286 g/mol. The lowest BCUT2D eigenvalue weighted by atomic mass is 9.89. The third-order valence-electron chi connectivity index (χ3n) is 2.97. The number of hydrogen-bond acceptors (Lipinski definition) is 5. The molecular formula is C13H16ClNO4. The van der Waals surface area contributed by atoms with Crippen LogP contribution >= 0.6 is 12.4 Å². The Morgan fingerprint density at radius 2 is 2.16 bits per heavy atom. The lowest BCUT2D eigenvalue weighted by Gasteiger charge is -2.17. The van der Waals surface area contributed by atoms with E-state index in [-0.39, 0.29) is 23.9 Å². The van der Waals surface area contributed by atoms with Gasteiger partial charge in [-0.15, -0.1) is 12.4 Å². The number of ether oxygens (including phenoxy) is 2. The van der Waals surface area contributed by atoms with E-state index < -0.39 is 11.5 Å². The second-order valence-electron chi connectivity index (χ2n) is 4.31. The molecule has 0 aliphatic carbocycles. The first-order valence-corrected chi connectivity index (χ1v) is 5.51. The standard InChI is InChI=1S/C13H15NO4.ClH/c1-4-5-7-10-8(6-9(17-3)11(7)15)18-12(16)13(10,2)14;/h4-6,15H,14H2,1-3H3;1H/b5-4+;. The predicted octanol–water partition coefficient (Wildman–Crippen LogP) is 1.95. The molecule has 0 radical (unpaired) electrons. The molecule has 104 valence electrons. The van der Waals surface area contributed by atoms with Gasteiger partial charge in [-0.2, -0.15) is 0 Å². The number of fused-ring (bicyclic) bond motifs is 1. The Morgan fingerprint density at radius 1 is 1.53 bits per heavy atom. The van der Waals surface area contributed by atoms with E-state index in [2.05, 4.69) is 0 Å². The van der Waals surface area contributed by atoms with Crippen LogP contribution in [-0.4, -0.2) is 18.2 Å². The number of nitrogens with two attached hydrogens (primary N) is 1. The molecule has 0 spiro atoms. The van der Waals surface area contributed by atoms with Crippen LogP contribution < -0.4 is 15.2 Å². The number of esters is 1. The largest absolute Gasteiger partial charge is 0.504 e. The molecular weight excluding hydrogens is 270 g/mol. The van der Waals surface area contributed by atoms with Gasteiger partial charge in [0.25, 0.3) is 0 Å². The molecule has 6 heteroatoms. The molecule has 5 nitrogen and oxygen atoms in total. The van der Waals surface area contributed by atoms with Crippen molar-refractivity contribution >= 4 is 24.5 Å². The summed E-state index contributed by atoms with van der Waals surface area (Å²) in [6, 6.07) is 1.47. The number of phenols is 1. The van der Waals surface area contributed by atoms with Crippen LogP contribution in [0.1, 0.15) is 25.0 Å². The van der Waals surface area contributed by atoms with Gasteiger partial charge in [-0.25, -0.2) is 4.79 Å². The second-order valence-corrected chi connectivity index (χ2v) is 4.31. The Morgan fingerprint density at radius 3 is 2.68 bits per heavy atom. The van der Waals surface area contributed by atoms with Gasteiger partial charge in [0.05, 0.1) is 7.11 Å². The molecule has 1 aliphatic heterocycles. The highest BCUT2D eigenvalue weighted by molar-refractivity contribution is 5.93. The number of carbonyl (C=O) groups is 1. The number of benzene rings is 1. The van der Waals surface area contributed by atoms with Gasteiger partial charge in [-0.3, -0.25) is 0 Å². The van der Waals surface area contributed by atoms with Crippen molar-refractivity contribution in [2.75, 3.05) is 7.11 Å². The molecule has 1 unspecified atom stereocenters. The van der Waals surface area contributed by atoms with Crippen molar-refractivity contribution < 1.29 is 19.4 Å². The van der Waals surface area contributed by atoms with Crippen LogP contribution in [0, 0.1) is 0 Å². The summed E-state index contributed by atoms with van der Waals surface area (Å²) in [5, 5.41) is 10.1. The SMILES string of the molecule is C/C=C/c1c(O)c(OC)cc2c1C(C)(N)C(=O)O2.Cl. The summed E-state index contributed by atoms with van der Waals surface area (Å²) < 4.78 is 10.2. The van der Waals surface area contributed by atoms with Crippen LogP contribution in [-0.2, 0) is 10.3 Å². The zero-order chi connectivity index (χ0) is 13.5. The Bertz CT molecular complexity index is 552. The number of phenolic OH excluding ortho intramolecular Hbond substituents is 1. The normalized spacial score (nSPS) is 20.9. The zero-order valence-corrected chi connectivity index (χ0v) is 11.7. The van der Waals surface area contributed by atoms with Gasteiger partial charge in [0.15, 0.2) is 11.5 Å². The van der Waals surface area contributed by atoms with Crippen LogP contribution in [0.5, 0.6) is 17.2 Å². The summed E-state index contributed by atoms with van der Waals surface area (Å²) in [6.45, 7) is 3.36. The fourth-order valence-corrected chi connectivity index (χ4v) is 2.05. The molecule has 0 aromatic heterocycles. The maximum Gasteiger partial charge on any atom is 0.336 e. The van der Waals surface area contributed by atoms with Crippen LogP contribution in [0.15, 0.2) is 12.1 Å². The third kappa shape index (κ3) is 2.15. The first kappa shape index (κ1) is 15.3. The molecule has 19 heavy (non-hydrogen) atoms. The van der Waals surface area contributed by atoms with Crippen molar-refractivity contribution in [1.82, 2.24) is 0 Å². The molecule has 1 aromatic rings. The quantitative estimate of drug-likeness (QED) is 0.641. The van der Waals surface area contributed by atoms with Crippen LogP contribution in [0.25, 0.3) is 6.08 Å². The van der Waals surface area contributed by atoms with Crippen LogP contribution in [0.2, 0.25) is 0 Å². The minimum atomic E-state index is -1.27. The predicted molar refractivity (Wildman–Crippen MR) is 73.8 cm³/mol. The van der Waals surface area contributed by atoms with Gasteiger partial charge in [-0.05, 0) is 13.8 Å². The van der Waals surface area contributed by atoms with E-state index in [1.54, 1.807) is 26.0 Å². The highest BCUT2D eigenvalue weighted by atomic mass is 35.5. The Kier molecular flexibility index (Phi) is 4.12. The fourth-order valence-electron chi connectivity index (χ4n) is 2.05. The van der Waals surface area contributed by atoms with Crippen LogP contribution in [0.4, 0.5) is 0 Å². The molecule has 0 saturated carbocycles. The van der Waals surface area contributed by atoms with Gasteiger partial charge >= 0.3 is 5.97 Å². The number of aromatic hydroxyl groups is 1. The van der Waals surface area contributed by atoms with E-state index in [1.165, 1.54) is 13.2 Å². The average Bonchev–Trinajstić information content (AvgIpc) is 2.54. The topological polar surface area (TPSA) is 81.8 Å². The summed E-state index contributed by atoms with van der Waals surface area (Å²) in [5.74, 6) is -0.0275. The zero-order valence-electron chi connectivity index (χ0n) is 10.9. The van der Waals surface area contributed by atoms with Crippen molar-refractivity contribution in [3.63, 3.8) is 0 Å². The molecule has 3 N–H and O–H groups in total. The molecule has 0 saturated heterocycles. The van der Waals surface area contributed by atoms with Gasteiger partial charge in [0, 0.05) is 17.2 Å². The Balaban J connectivity index is 0.00000180. The highest BCUT2D eigenvalue weighted by Gasteiger charge is 2.44. The summed E-state index contributed by atoms with van der Waals surface area (Å²) in [5.41, 5.74) is 5.62. The van der Waals surface area contributed by atoms with E-state index in [0.717, 1.165) is 0 Å². The summed E-state index contributed by atoms with van der Waals surface area (Å²) in [6.07, 6.45) is 3.41. The minimum absolute atomic E-state index is 0. The van der Waals surface area contributed by atoms with Gasteiger partial charge in [-0.1, -0.05) is 12.2 Å². The summed E-state index contributed by atoms with van der Waals surface area (Å²) >= 11 is 0. The molecule has 0 bridgehead atoms. The fraction of sp³-hybridized carbons (Fsp3) is 0.308. The number of allylic oxidation sites excluding steroid dienone is 1. The summed E-state index contributed by atoms with van der Waals surface area (Å²) in [7, 11) is 1.43. The minimum Gasteiger partial charge on any atom is -0.504 e. The van der Waals surface area contributed by atoms with E-state index in [9.17, 15) is 9.90 Å². The Labute approximate surface area is 117 Å². The number of hydrogen-bond donors (Lipinski definition) is 2. The second kappa shape index (κ2) is 5.11. The van der Waals surface area contributed by atoms with Crippen molar-refractivity contribution in [3.8, 4) is 17.2 Å². The number of rotatable bonds is 2. The highest BCUT2D eigenvalue weighted by Crippen LogP contribution is 2.47. The van der Waals surface area contributed by atoms with E-state index in [0.29, 0.717) is 16.9 Å². The molecule has 1 aliphatic rings. The van der Waals surface area contributed by atoms with Crippen molar-refractivity contribution in [2.24, 2.45) is 5.73 Å². The molecule has 2 rings (SSSR count). The number of methoxy groups -OCH3 is 1. The van der Waals surface area contributed by atoms with E-state index in [1.807, 2.05) is 0 Å². The molecule has 1 aromatic carbocycles. The maximum absolute atomic E-state index is 11.7.